The van der Waals surface area contributed by atoms with Crippen molar-refractivity contribution < 1.29 is 0 Å². The molecule has 0 fully saturated rings. The van der Waals surface area contributed by atoms with E-state index in [-0.39, 0.29) is 5.56 Å². The minimum Gasteiger partial charge on any atom is -0.387 e. The van der Waals surface area contributed by atoms with E-state index in [1.165, 1.54) is 15.9 Å². The molecular weight excluding hydrogens is 298 g/mol. The SMILES string of the molecule is CNc1ccnc2sc3c(=O)n(-c4cccnc4)cnc3c12. The normalized spacial score (nSPS) is 11.1. The van der Waals surface area contributed by atoms with Gasteiger partial charge in [0.2, 0.25) is 0 Å². The average molecular weight is 309 g/mol. The number of nitrogens with one attached hydrogen (secondary N) is 1. The first-order chi connectivity index (χ1) is 10.8. The number of fused-ring (bicyclic) bond motifs is 3. The van der Waals surface area contributed by atoms with Gasteiger partial charge < -0.3 is 5.32 Å². The summed E-state index contributed by atoms with van der Waals surface area (Å²) in [5, 5.41) is 4.01. The Kier molecular flexibility index (Phi) is 2.87. The van der Waals surface area contributed by atoms with Crippen molar-refractivity contribution in [3.8, 4) is 5.69 Å². The van der Waals surface area contributed by atoms with Gasteiger partial charge in [0.25, 0.3) is 5.56 Å². The van der Waals surface area contributed by atoms with Gasteiger partial charge in [-0.05, 0) is 18.2 Å². The van der Waals surface area contributed by atoms with Crippen LogP contribution in [-0.4, -0.2) is 26.6 Å². The molecule has 7 heteroatoms. The smallest absolute Gasteiger partial charge is 0.276 e. The van der Waals surface area contributed by atoms with Crippen molar-refractivity contribution in [2.24, 2.45) is 0 Å². The molecule has 0 aliphatic heterocycles. The Morgan fingerprint density at radius 3 is 2.91 bits per heavy atom. The molecule has 0 aromatic carbocycles. The molecule has 0 spiro atoms. The molecule has 0 aliphatic rings. The Labute approximate surface area is 129 Å². The van der Waals surface area contributed by atoms with Crippen molar-refractivity contribution >= 4 is 37.5 Å². The van der Waals surface area contributed by atoms with Crippen molar-refractivity contribution in [1.82, 2.24) is 19.5 Å². The summed E-state index contributed by atoms with van der Waals surface area (Å²) in [5.41, 5.74) is 2.19. The highest BCUT2D eigenvalue weighted by molar-refractivity contribution is 7.25. The third-order valence-corrected chi connectivity index (χ3v) is 4.55. The summed E-state index contributed by atoms with van der Waals surface area (Å²) in [4.78, 5) is 26.4. The number of hydrogen-bond donors (Lipinski definition) is 1. The van der Waals surface area contributed by atoms with Gasteiger partial charge in [0.05, 0.1) is 22.8 Å². The van der Waals surface area contributed by atoms with Crippen LogP contribution in [0.25, 0.3) is 26.1 Å². The molecular formula is C15H11N5OS. The molecule has 4 rings (SSSR count). The highest BCUT2D eigenvalue weighted by Gasteiger charge is 2.15. The standard InChI is InChI=1S/C15H11N5OS/c1-16-10-4-6-18-14-11(10)12-13(22-14)15(21)20(8-19-12)9-3-2-5-17-7-9/h2-8H,1H3,(H,16,18). The predicted molar refractivity (Wildman–Crippen MR) is 87.9 cm³/mol. The second-order valence-corrected chi connectivity index (χ2v) is 5.70. The Bertz CT molecular complexity index is 1040. The van der Waals surface area contributed by atoms with E-state index in [1.54, 1.807) is 31.0 Å². The quantitative estimate of drug-likeness (QED) is 0.615. The third-order valence-electron chi connectivity index (χ3n) is 3.48. The summed E-state index contributed by atoms with van der Waals surface area (Å²) >= 11 is 1.36. The largest absolute Gasteiger partial charge is 0.387 e. The number of nitrogens with zero attached hydrogens (tertiary/aromatic N) is 4. The Morgan fingerprint density at radius 1 is 1.23 bits per heavy atom. The van der Waals surface area contributed by atoms with Crippen LogP contribution in [0.15, 0.2) is 47.9 Å². The fourth-order valence-corrected chi connectivity index (χ4v) is 3.49. The summed E-state index contributed by atoms with van der Waals surface area (Å²) in [6, 6.07) is 5.49. The Hall–Kier alpha value is -2.80. The maximum absolute atomic E-state index is 12.8. The maximum atomic E-state index is 12.8. The van der Waals surface area contributed by atoms with Gasteiger partial charge in [-0.2, -0.15) is 0 Å². The average Bonchev–Trinajstić information content (AvgIpc) is 2.96. The van der Waals surface area contributed by atoms with E-state index in [0.29, 0.717) is 15.9 Å². The number of aromatic nitrogens is 4. The topological polar surface area (TPSA) is 72.7 Å². The second-order valence-electron chi connectivity index (χ2n) is 4.70. The van der Waals surface area contributed by atoms with Gasteiger partial charge in [0, 0.05) is 25.1 Å². The lowest BCUT2D eigenvalue weighted by Crippen LogP contribution is -2.17. The zero-order valence-corrected chi connectivity index (χ0v) is 12.5. The zero-order valence-electron chi connectivity index (χ0n) is 11.6. The lowest BCUT2D eigenvalue weighted by atomic mass is 10.2. The second kappa shape index (κ2) is 4.88. The highest BCUT2D eigenvalue weighted by atomic mass is 32.1. The van der Waals surface area contributed by atoms with E-state index < -0.39 is 0 Å². The molecule has 0 aliphatic carbocycles. The van der Waals surface area contributed by atoms with Gasteiger partial charge in [-0.1, -0.05) is 0 Å². The predicted octanol–water partition coefficient (Wildman–Crippen LogP) is 2.43. The fourth-order valence-electron chi connectivity index (χ4n) is 2.44. The van der Waals surface area contributed by atoms with E-state index >= 15 is 0 Å². The molecule has 22 heavy (non-hydrogen) atoms. The first-order valence-electron chi connectivity index (χ1n) is 6.66. The molecule has 0 amide bonds. The van der Waals surface area contributed by atoms with Crippen LogP contribution in [0.2, 0.25) is 0 Å². The molecule has 4 aromatic rings. The molecule has 0 unspecified atom stereocenters. The number of hydrogen-bond acceptors (Lipinski definition) is 6. The molecule has 4 aromatic heterocycles. The fraction of sp³-hybridized carbons (Fsp3) is 0.0667. The highest BCUT2D eigenvalue weighted by Crippen LogP contribution is 2.33. The zero-order chi connectivity index (χ0) is 15.1. The molecule has 0 atom stereocenters. The first-order valence-corrected chi connectivity index (χ1v) is 7.48. The Morgan fingerprint density at radius 2 is 2.14 bits per heavy atom. The molecule has 0 saturated heterocycles. The maximum Gasteiger partial charge on any atom is 0.276 e. The number of thiophene rings is 1. The number of anilines is 1. The summed E-state index contributed by atoms with van der Waals surface area (Å²) in [7, 11) is 1.84. The van der Waals surface area contributed by atoms with E-state index in [1.807, 2.05) is 19.2 Å². The van der Waals surface area contributed by atoms with Crippen LogP contribution in [0.5, 0.6) is 0 Å². The van der Waals surface area contributed by atoms with Crippen LogP contribution in [0.3, 0.4) is 0 Å². The van der Waals surface area contributed by atoms with Crippen LogP contribution in [-0.2, 0) is 0 Å². The van der Waals surface area contributed by atoms with Crippen LogP contribution in [0.1, 0.15) is 0 Å². The van der Waals surface area contributed by atoms with E-state index in [4.69, 9.17) is 0 Å². The van der Waals surface area contributed by atoms with Gasteiger partial charge >= 0.3 is 0 Å². The summed E-state index contributed by atoms with van der Waals surface area (Å²) in [5.74, 6) is 0. The van der Waals surface area contributed by atoms with Crippen molar-refractivity contribution in [2.75, 3.05) is 12.4 Å². The van der Waals surface area contributed by atoms with E-state index in [9.17, 15) is 4.79 Å². The van der Waals surface area contributed by atoms with Gasteiger partial charge in [-0.3, -0.25) is 14.3 Å². The number of pyridine rings is 2. The van der Waals surface area contributed by atoms with Crippen molar-refractivity contribution in [3.63, 3.8) is 0 Å². The number of rotatable bonds is 2. The van der Waals surface area contributed by atoms with Crippen molar-refractivity contribution in [2.45, 2.75) is 0 Å². The van der Waals surface area contributed by atoms with Crippen molar-refractivity contribution in [3.05, 3.63) is 53.5 Å². The van der Waals surface area contributed by atoms with Crippen LogP contribution < -0.4 is 10.9 Å². The molecule has 6 nitrogen and oxygen atoms in total. The van der Waals surface area contributed by atoms with Crippen LogP contribution >= 0.6 is 11.3 Å². The van der Waals surface area contributed by atoms with Gasteiger partial charge in [0.15, 0.2) is 0 Å². The van der Waals surface area contributed by atoms with Crippen LogP contribution in [0.4, 0.5) is 5.69 Å². The molecule has 0 radical (unpaired) electrons. The van der Waals surface area contributed by atoms with Gasteiger partial charge in [-0.15, -0.1) is 11.3 Å². The summed E-state index contributed by atoms with van der Waals surface area (Å²) in [6.07, 6.45) is 6.58. The van der Waals surface area contributed by atoms with Crippen LogP contribution in [0, 0.1) is 0 Å². The lowest BCUT2D eigenvalue weighted by molar-refractivity contribution is 0.957. The monoisotopic (exact) mass is 309 g/mol. The van der Waals surface area contributed by atoms with Crippen molar-refractivity contribution in [1.29, 1.82) is 0 Å². The minimum atomic E-state index is -0.108. The molecule has 0 bridgehead atoms. The van der Waals surface area contributed by atoms with E-state index in [0.717, 1.165) is 15.9 Å². The minimum absolute atomic E-state index is 0.108. The molecule has 1 N–H and O–H groups in total. The lowest BCUT2D eigenvalue weighted by Gasteiger charge is -2.04. The molecule has 0 saturated carbocycles. The molecule has 108 valence electrons. The first kappa shape index (κ1) is 12.9. The van der Waals surface area contributed by atoms with Gasteiger partial charge in [-0.25, -0.2) is 9.97 Å². The molecule has 4 heterocycles. The summed E-state index contributed by atoms with van der Waals surface area (Å²) in [6.45, 7) is 0. The van der Waals surface area contributed by atoms with Gasteiger partial charge in [0.1, 0.15) is 15.9 Å². The third kappa shape index (κ3) is 1.79. The Balaban J connectivity index is 2.09. The van der Waals surface area contributed by atoms with E-state index in [2.05, 4.69) is 20.3 Å². The summed E-state index contributed by atoms with van der Waals surface area (Å²) < 4.78 is 2.10.